The van der Waals surface area contributed by atoms with Crippen LogP contribution in [-0.4, -0.2) is 76.9 Å². The topological polar surface area (TPSA) is 76.4 Å². The second-order valence-electron chi connectivity index (χ2n) is 9.18. The monoisotopic (exact) mass is 466 g/mol. The minimum Gasteiger partial charge on any atom is -0.490 e. The van der Waals surface area contributed by atoms with Crippen molar-refractivity contribution in [1.82, 2.24) is 4.90 Å². The van der Waals surface area contributed by atoms with Gasteiger partial charge in [-0.25, -0.2) is 13.2 Å². The van der Waals surface area contributed by atoms with Crippen molar-refractivity contribution in [3.05, 3.63) is 59.9 Å². The maximum Gasteiger partial charge on any atom is 0.146 e. The summed E-state index contributed by atoms with van der Waals surface area (Å²) < 4.78 is 46.3. The smallest absolute Gasteiger partial charge is 0.146 e. The number of nitrogens with zero attached hydrogens (tertiary/aromatic N) is 2. The van der Waals surface area contributed by atoms with Crippen molar-refractivity contribution >= 4 is 5.69 Å². The molecule has 2 aliphatic heterocycles. The second-order valence-corrected chi connectivity index (χ2v) is 9.18. The zero-order valence-corrected chi connectivity index (χ0v) is 18.3. The molecule has 0 saturated carbocycles. The Morgan fingerprint density at radius 1 is 0.970 bits per heavy atom. The Morgan fingerprint density at radius 2 is 1.64 bits per heavy atom. The van der Waals surface area contributed by atoms with Crippen molar-refractivity contribution in [3.8, 4) is 5.75 Å². The number of halogens is 3. The van der Waals surface area contributed by atoms with Gasteiger partial charge in [0.2, 0.25) is 0 Å². The number of aliphatic hydroxyl groups excluding tert-OH is 1. The molecule has 2 heterocycles. The van der Waals surface area contributed by atoms with E-state index in [0.29, 0.717) is 38.2 Å². The molecule has 33 heavy (non-hydrogen) atoms. The van der Waals surface area contributed by atoms with Gasteiger partial charge in [0, 0.05) is 50.9 Å². The first kappa shape index (κ1) is 23.8. The van der Waals surface area contributed by atoms with Gasteiger partial charge in [0.15, 0.2) is 0 Å². The van der Waals surface area contributed by atoms with Crippen LogP contribution in [0.4, 0.5) is 18.9 Å². The van der Waals surface area contributed by atoms with Crippen molar-refractivity contribution in [1.29, 1.82) is 0 Å². The van der Waals surface area contributed by atoms with Crippen LogP contribution in [0.1, 0.15) is 19.3 Å². The first-order chi connectivity index (χ1) is 15.7. The Morgan fingerprint density at radius 3 is 2.30 bits per heavy atom. The predicted molar refractivity (Wildman–Crippen MR) is 117 cm³/mol. The minimum absolute atomic E-state index is 0.0330. The van der Waals surface area contributed by atoms with Gasteiger partial charge in [-0.3, -0.25) is 4.90 Å². The van der Waals surface area contributed by atoms with Gasteiger partial charge < -0.3 is 25.0 Å². The molecular weight excluding hydrogens is 437 g/mol. The summed E-state index contributed by atoms with van der Waals surface area (Å²) in [6.45, 7) is 1.41. The Labute approximate surface area is 190 Å². The van der Waals surface area contributed by atoms with Gasteiger partial charge in [-0.05, 0) is 31.4 Å². The van der Waals surface area contributed by atoms with E-state index in [9.17, 15) is 28.5 Å². The molecule has 0 unspecified atom stereocenters. The number of hydrogen-bond donors (Lipinski definition) is 3. The van der Waals surface area contributed by atoms with Crippen LogP contribution in [0.15, 0.2) is 42.5 Å². The number of β-amino-alcohol motifs (C(OH)–C–C–N with tert-alkyl or cyclic N) is 2. The number of likely N-dealkylation sites (tertiary alicyclic amines) is 1. The lowest BCUT2D eigenvalue weighted by Crippen LogP contribution is -2.62. The Kier molecular flexibility index (Phi) is 6.86. The summed E-state index contributed by atoms with van der Waals surface area (Å²) >= 11 is 0. The fourth-order valence-corrected chi connectivity index (χ4v) is 4.69. The molecule has 0 amide bonds. The number of anilines is 1. The molecule has 2 aromatic carbocycles. The molecule has 180 valence electrons. The molecule has 2 aromatic rings. The molecule has 2 atom stereocenters. The first-order valence-electron chi connectivity index (χ1n) is 11.1. The fraction of sp³-hybridized carbons (Fsp3) is 0.500. The standard InChI is InChI=1S/C24H29F3N2O4/c25-17-11-18(26)13-19(12-17)33-16-24(32)15-28(8-5-22(24)30)14-23(31)6-9-29(10-7-23)21-4-2-1-3-20(21)27/h1-4,11-13,22,30-32H,5-10,14-16H2/t22-,24-/m0/s1. The number of para-hydroxylation sites is 1. The van der Waals surface area contributed by atoms with E-state index in [1.54, 1.807) is 18.2 Å². The van der Waals surface area contributed by atoms with Crippen molar-refractivity contribution < 1.29 is 33.2 Å². The molecule has 0 aliphatic carbocycles. The summed E-state index contributed by atoms with van der Waals surface area (Å²) in [5.41, 5.74) is -2.16. The molecule has 0 spiro atoms. The summed E-state index contributed by atoms with van der Waals surface area (Å²) in [6, 6.07) is 9.28. The average Bonchev–Trinajstić information content (AvgIpc) is 2.76. The number of aliphatic hydroxyl groups is 3. The average molecular weight is 467 g/mol. The molecular formula is C24H29F3N2O4. The summed E-state index contributed by atoms with van der Waals surface area (Å²) in [7, 11) is 0. The zero-order valence-electron chi connectivity index (χ0n) is 18.3. The Bertz CT molecular complexity index is 950. The SMILES string of the molecule is O[C@H]1CCN(CC2(O)CCN(c3ccccc3F)CC2)C[C@]1(O)COc1cc(F)cc(F)c1. The van der Waals surface area contributed by atoms with E-state index in [2.05, 4.69) is 0 Å². The van der Waals surface area contributed by atoms with E-state index in [4.69, 9.17) is 4.74 Å². The number of benzene rings is 2. The van der Waals surface area contributed by atoms with Crippen molar-refractivity contribution in [2.45, 2.75) is 36.6 Å². The maximum atomic E-state index is 14.1. The summed E-state index contributed by atoms with van der Waals surface area (Å²) in [5.74, 6) is -1.97. The first-order valence-corrected chi connectivity index (χ1v) is 11.1. The number of rotatable bonds is 6. The minimum atomic E-state index is -1.66. The van der Waals surface area contributed by atoms with Crippen molar-refractivity contribution in [2.75, 3.05) is 44.2 Å². The third-order valence-electron chi connectivity index (χ3n) is 6.57. The highest BCUT2D eigenvalue weighted by Gasteiger charge is 2.44. The van der Waals surface area contributed by atoms with Crippen LogP contribution in [0.25, 0.3) is 0 Å². The fourth-order valence-electron chi connectivity index (χ4n) is 4.69. The van der Waals surface area contributed by atoms with Crippen molar-refractivity contribution in [3.63, 3.8) is 0 Å². The van der Waals surface area contributed by atoms with E-state index in [-0.39, 0.29) is 37.7 Å². The van der Waals surface area contributed by atoms with Crippen LogP contribution in [-0.2, 0) is 0 Å². The maximum absolute atomic E-state index is 14.1. The highest BCUT2D eigenvalue weighted by Crippen LogP contribution is 2.31. The van der Waals surface area contributed by atoms with Crippen LogP contribution >= 0.6 is 0 Å². The molecule has 2 fully saturated rings. The van der Waals surface area contributed by atoms with Gasteiger partial charge in [-0.15, -0.1) is 0 Å². The van der Waals surface area contributed by atoms with Crippen LogP contribution in [0.3, 0.4) is 0 Å². The Balaban J connectivity index is 1.35. The highest BCUT2D eigenvalue weighted by atomic mass is 19.1. The number of piperidine rings is 2. The molecule has 6 nitrogen and oxygen atoms in total. The van der Waals surface area contributed by atoms with Gasteiger partial charge in [0.05, 0.1) is 17.4 Å². The van der Waals surface area contributed by atoms with Gasteiger partial charge in [0.25, 0.3) is 0 Å². The normalized spacial score (nSPS) is 25.8. The number of hydrogen-bond acceptors (Lipinski definition) is 6. The van der Waals surface area contributed by atoms with E-state index >= 15 is 0 Å². The largest absolute Gasteiger partial charge is 0.490 e. The molecule has 0 bridgehead atoms. The molecule has 0 aromatic heterocycles. The molecule has 3 N–H and O–H groups in total. The third-order valence-corrected chi connectivity index (χ3v) is 6.57. The molecule has 4 rings (SSSR count). The van der Waals surface area contributed by atoms with Crippen LogP contribution in [0.5, 0.6) is 5.75 Å². The van der Waals surface area contributed by atoms with Gasteiger partial charge >= 0.3 is 0 Å². The molecule has 2 saturated heterocycles. The summed E-state index contributed by atoms with van der Waals surface area (Å²) in [5, 5.41) is 32.5. The molecule has 2 aliphatic rings. The van der Waals surface area contributed by atoms with Gasteiger partial charge in [0.1, 0.15) is 35.4 Å². The lowest BCUT2D eigenvalue weighted by atomic mass is 9.86. The lowest BCUT2D eigenvalue weighted by molar-refractivity contribution is -0.149. The molecule has 0 radical (unpaired) electrons. The van der Waals surface area contributed by atoms with E-state index in [1.165, 1.54) is 6.07 Å². The predicted octanol–water partition coefficient (Wildman–Crippen LogP) is 2.31. The van der Waals surface area contributed by atoms with Gasteiger partial charge in [-0.2, -0.15) is 0 Å². The highest BCUT2D eigenvalue weighted by molar-refractivity contribution is 5.48. The molecule has 9 heteroatoms. The summed E-state index contributed by atoms with van der Waals surface area (Å²) in [6.07, 6.45) is 0.0367. The van der Waals surface area contributed by atoms with Crippen LogP contribution in [0, 0.1) is 17.5 Å². The lowest BCUT2D eigenvalue weighted by Gasteiger charge is -2.46. The Hall–Kier alpha value is -2.33. The van der Waals surface area contributed by atoms with Crippen molar-refractivity contribution in [2.24, 2.45) is 0 Å². The zero-order chi connectivity index (χ0) is 23.6. The second kappa shape index (κ2) is 9.50. The summed E-state index contributed by atoms with van der Waals surface area (Å²) in [4.78, 5) is 3.77. The van der Waals surface area contributed by atoms with Gasteiger partial charge in [-0.1, -0.05) is 12.1 Å². The van der Waals surface area contributed by atoms with E-state index in [1.807, 2.05) is 9.80 Å². The van der Waals surface area contributed by atoms with E-state index in [0.717, 1.165) is 18.2 Å². The third kappa shape index (κ3) is 5.60. The number of ether oxygens (including phenoxy) is 1. The van der Waals surface area contributed by atoms with E-state index < -0.39 is 28.9 Å². The van der Waals surface area contributed by atoms with Crippen LogP contribution in [0.2, 0.25) is 0 Å². The van der Waals surface area contributed by atoms with Crippen LogP contribution < -0.4 is 9.64 Å². The quantitative estimate of drug-likeness (QED) is 0.607.